The van der Waals surface area contributed by atoms with E-state index in [2.05, 4.69) is 0 Å². The van der Waals surface area contributed by atoms with Crippen LogP contribution in [-0.4, -0.2) is 13.4 Å². The summed E-state index contributed by atoms with van der Waals surface area (Å²) in [4.78, 5) is 10.7. The lowest BCUT2D eigenvalue weighted by molar-refractivity contribution is 0.112. The lowest BCUT2D eigenvalue weighted by Crippen LogP contribution is -2.01. The molecule has 0 unspecified atom stereocenters. The van der Waals surface area contributed by atoms with Gasteiger partial charge in [0, 0.05) is 17.2 Å². The summed E-state index contributed by atoms with van der Waals surface area (Å²) in [6.07, 6.45) is 0.671. The zero-order valence-electron chi connectivity index (χ0n) is 10.7. The molecule has 0 spiro atoms. The van der Waals surface area contributed by atoms with Gasteiger partial charge < -0.3 is 9.47 Å². The highest BCUT2D eigenvalue weighted by atomic mass is 19.1. The molecular weight excluding hydrogens is 266 g/mol. The van der Waals surface area contributed by atoms with Crippen molar-refractivity contribution >= 4 is 6.29 Å². The predicted molar refractivity (Wildman–Crippen MR) is 69.1 cm³/mol. The van der Waals surface area contributed by atoms with E-state index in [1.165, 1.54) is 19.2 Å². The van der Waals surface area contributed by atoms with Gasteiger partial charge >= 0.3 is 0 Å². The van der Waals surface area contributed by atoms with E-state index in [1.807, 2.05) is 0 Å². The van der Waals surface area contributed by atoms with Crippen molar-refractivity contribution in [1.29, 1.82) is 0 Å². The van der Waals surface area contributed by atoms with Crippen LogP contribution in [0.5, 0.6) is 11.5 Å². The van der Waals surface area contributed by atoms with Crippen molar-refractivity contribution in [3.63, 3.8) is 0 Å². The van der Waals surface area contributed by atoms with Gasteiger partial charge in [0.25, 0.3) is 0 Å². The second-order valence-corrected chi connectivity index (χ2v) is 4.05. The van der Waals surface area contributed by atoms with Gasteiger partial charge in [-0.05, 0) is 30.3 Å². The molecule has 0 amide bonds. The van der Waals surface area contributed by atoms with E-state index < -0.39 is 11.6 Å². The van der Waals surface area contributed by atoms with Gasteiger partial charge in [0.2, 0.25) is 0 Å². The highest BCUT2D eigenvalue weighted by Crippen LogP contribution is 2.28. The Labute approximate surface area is 114 Å². The zero-order valence-corrected chi connectivity index (χ0v) is 10.7. The van der Waals surface area contributed by atoms with Crippen LogP contribution in [0.4, 0.5) is 8.78 Å². The Balaban J connectivity index is 2.19. The van der Waals surface area contributed by atoms with Crippen molar-refractivity contribution in [2.45, 2.75) is 6.61 Å². The number of methoxy groups -OCH3 is 1. The highest BCUT2D eigenvalue weighted by Gasteiger charge is 2.09. The summed E-state index contributed by atoms with van der Waals surface area (Å²) < 4.78 is 36.8. The molecular formula is C15H12F2O3. The average Bonchev–Trinajstić information content (AvgIpc) is 2.46. The molecule has 0 fully saturated rings. The number of carbonyl (C=O) groups excluding carboxylic acids is 1. The number of hydrogen-bond donors (Lipinski definition) is 0. The number of halogens is 2. The Hall–Kier alpha value is -2.43. The van der Waals surface area contributed by atoms with Crippen molar-refractivity contribution in [1.82, 2.24) is 0 Å². The molecule has 0 aliphatic carbocycles. The Morgan fingerprint density at radius 3 is 2.55 bits per heavy atom. The fourth-order valence-electron chi connectivity index (χ4n) is 1.67. The summed E-state index contributed by atoms with van der Waals surface area (Å²) in [6.45, 7) is -0.0925. The molecule has 0 radical (unpaired) electrons. The molecule has 2 rings (SSSR count). The fourth-order valence-corrected chi connectivity index (χ4v) is 1.67. The van der Waals surface area contributed by atoms with Crippen LogP contribution >= 0.6 is 0 Å². The summed E-state index contributed by atoms with van der Waals surface area (Å²) in [5.41, 5.74) is 0.630. The maximum atomic E-state index is 13.5. The van der Waals surface area contributed by atoms with Gasteiger partial charge in [0.1, 0.15) is 24.5 Å². The van der Waals surface area contributed by atoms with Crippen LogP contribution in [0.25, 0.3) is 0 Å². The maximum Gasteiger partial charge on any atom is 0.162 e. The lowest BCUT2D eigenvalue weighted by Gasteiger charge is -2.11. The van der Waals surface area contributed by atoms with E-state index in [4.69, 9.17) is 9.47 Å². The molecule has 0 atom stereocenters. The first-order valence-electron chi connectivity index (χ1n) is 5.84. The number of hydrogen-bond acceptors (Lipinski definition) is 3. The number of ether oxygens (including phenoxy) is 2. The molecule has 2 aromatic rings. The van der Waals surface area contributed by atoms with Crippen molar-refractivity contribution in [2.24, 2.45) is 0 Å². The largest absolute Gasteiger partial charge is 0.493 e. The molecule has 0 saturated heterocycles. The van der Waals surface area contributed by atoms with Crippen LogP contribution in [0.3, 0.4) is 0 Å². The maximum absolute atomic E-state index is 13.5. The number of benzene rings is 2. The molecule has 0 saturated carbocycles. The minimum Gasteiger partial charge on any atom is -0.493 e. The Kier molecular flexibility index (Phi) is 4.30. The molecule has 0 aliphatic rings. The number of carbonyl (C=O) groups is 1. The molecule has 0 N–H and O–H groups in total. The van der Waals surface area contributed by atoms with Crippen molar-refractivity contribution < 1.29 is 23.0 Å². The van der Waals surface area contributed by atoms with E-state index >= 15 is 0 Å². The van der Waals surface area contributed by atoms with Crippen LogP contribution in [0, 0.1) is 11.6 Å². The minimum absolute atomic E-state index is 0.0925. The number of aldehydes is 1. The molecule has 5 heteroatoms. The van der Waals surface area contributed by atoms with Crippen LogP contribution in [0.15, 0.2) is 36.4 Å². The van der Waals surface area contributed by atoms with Gasteiger partial charge in [-0.3, -0.25) is 4.79 Å². The SMILES string of the molecule is COc1ccc(C=O)cc1OCc1ccc(F)cc1F. The molecule has 2 aromatic carbocycles. The zero-order chi connectivity index (χ0) is 14.5. The van der Waals surface area contributed by atoms with Crippen LogP contribution in [0.2, 0.25) is 0 Å². The first-order chi connectivity index (χ1) is 9.63. The summed E-state index contributed by atoms with van der Waals surface area (Å²) in [5.74, 6) is -0.582. The van der Waals surface area contributed by atoms with Gasteiger partial charge in [-0.1, -0.05) is 0 Å². The Morgan fingerprint density at radius 2 is 1.90 bits per heavy atom. The van der Waals surface area contributed by atoms with Gasteiger partial charge in [-0.25, -0.2) is 8.78 Å². The second-order valence-electron chi connectivity index (χ2n) is 4.05. The quantitative estimate of drug-likeness (QED) is 0.787. The fraction of sp³-hybridized carbons (Fsp3) is 0.133. The molecule has 20 heavy (non-hydrogen) atoms. The van der Waals surface area contributed by atoms with Gasteiger partial charge in [-0.15, -0.1) is 0 Å². The molecule has 104 valence electrons. The van der Waals surface area contributed by atoms with Gasteiger partial charge in [0.15, 0.2) is 11.5 Å². The summed E-state index contributed by atoms with van der Waals surface area (Å²) >= 11 is 0. The van der Waals surface area contributed by atoms with Crippen LogP contribution in [0.1, 0.15) is 15.9 Å². The van der Waals surface area contributed by atoms with Gasteiger partial charge in [0.05, 0.1) is 7.11 Å². The van der Waals surface area contributed by atoms with E-state index in [9.17, 15) is 13.6 Å². The van der Waals surface area contributed by atoms with Gasteiger partial charge in [-0.2, -0.15) is 0 Å². The topological polar surface area (TPSA) is 35.5 Å². The Morgan fingerprint density at radius 1 is 1.10 bits per heavy atom. The monoisotopic (exact) mass is 278 g/mol. The number of rotatable bonds is 5. The van der Waals surface area contributed by atoms with Crippen molar-refractivity contribution in [2.75, 3.05) is 7.11 Å². The smallest absolute Gasteiger partial charge is 0.162 e. The van der Waals surface area contributed by atoms with E-state index in [0.717, 1.165) is 12.1 Å². The third kappa shape index (κ3) is 3.12. The molecule has 3 nitrogen and oxygen atoms in total. The first-order valence-corrected chi connectivity index (χ1v) is 5.84. The van der Waals surface area contributed by atoms with Crippen LogP contribution in [-0.2, 0) is 6.61 Å². The normalized spacial score (nSPS) is 10.2. The standard InChI is InChI=1S/C15H12F2O3/c1-19-14-5-2-10(8-18)6-15(14)20-9-11-3-4-12(16)7-13(11)17/h2-8H,9H2,1H3. The molecule has 0 bridgehead atoms. The van der Waals surface area contributed by atoms with E-state index in [0.29, 0.717) is 23.3 Å². The predicted octanol–water partition coefficient (Wildman–Crippen LogP) is 3.36. The first kappa shape index (κ1) is 14.0. The summed E-state index contributed by atoms with van der Waals surface area (Å²) in [7, 11) is 1.46. The lowest BCUT2D eigenvalue weighted by atomic mass is 10.2. The summed E-state index contributed by atoms with van der Waals surface area (Å²) in [5, 5.41) is 0. The minimum atomic E-state index is -0.685. The average molecular weight is 278 g/mol. The van der Waals surface area contributed by atoms with Crippen LogP contribution < -0.4 is 9.47 Å². The second kappa shape index (κ2) is 6.14. The molecule has 0 heterocycles. The Bertz CT molecular complexity index is 627. The highest BCUT2D eigenvalue weighted by molar-refractivity contribution is 5.76. The third-order valence-electron chi connectivity index (χ3n) is 2.72. The molecule has 0 aromatic heterocycles. The van der Waals surface area contributed by atoms with Crippen molar-refractivity contribution in [3.8, 4) is 11.5 Å². The summed E-state index contributed by atoms with van der Waals surface area (Å²) in [6, 6.07) is 7.91. The third-order valence-corrected chi connectivity index (χ3v) is 2.72. The van der Waals surface area contributed by atoms with E-state index in [1.54, 1.807) is 12.1 Å². The van der Waals surface area contributed by atoms with E-state index in [-0.39, 0.29) is 12.2 Å². The van der Waals surface area contributed by atoms with Crippen molar-refractivity contribution in [3.05, 3.63) is 59.2 Å². The molecule has 0 aliphatic heterocycles.